The fourth-order valence-corrected chi connectivity index (χ4v) is 2.02. The minimum atomic E-state index is -0.469. The Bertz CT molecular complexity index is 400. The van der Waals surface area contributed by atoms with E-state index in [2.05, 4.69) is 5.32 Å². The van der Waals surface area contributed by atoms with Crippen molar-refractivity contribution < 1.29 is 14.3 Å². The molecule has 0 radical (unpaired) electrons. The van der Waals surface area contributed by atoms with Gasteiger partial charge in [-0.3, -0.25) is 4.79 Å². The van der Waals surface area contributed by atoms with Crippen LogP contribution in [-0.4, -0.2) is 31.8 Å². The first kappa shape index (κ1) is 13.8. The number of carbonyl (C=O) groups excluding carboxylic acids is 1. The highest BCUT2D eigenvalue weighted by atomic mass is 16.5. The highest BCUT2D eigenvalue weighted by Crippen LogP contribution is 2.13. The number of benzene rings is 1. The Balaban J connectivity index is 1.76. The molecule has 1 amide bonds. The van der Waals surface area contributed by atoms with Crippen LogP contribution in [-0.2, 0) is 16.1 Å². The number of primary amides is 1. The molecule has 0 aromatic heterocycles. The van der Waals surface area contributed by atoms with Gasteiger partial charge in [0.25, 0.3) is 5.91 Å². The molecule has 104 valence electrons. The molecule has 1 fully saturated rings. The van der Waals surface area contributed by atoms with Gasteiger partial charge in [-0.2, -0.15) is 0 Å². The van der Waals surface area contributed by atoms with E-state index in [1.54, 1.807) is 0 Å². The van der Waals surface area contributed by atoms with E-state index in [0.717, 1.165) is 26.2 Å². The number of rotatable bonds is 6. The van der Waals surface area contributed by atoms with Gasteiger partial charge in [-0.25, -0.2) is 0 Å². The van der Waals surface area contributed by atoms with Gasteiger partial charge in [0, 0.05) is 19.2 Å². The average Bonchev–Trinajstić information content (AvgIpc) is 2.45. The summed E-state index contributed by atoms with van der Waals surface area (Å²) in [6, 6.07) is 8.09. The lowest BCUT2D eigenvalue weighted by Crippen LogP contribution is -2.36. The molecule has 0 spiro atoms. The molecule has 1 atom stereocenters. The van der Waals surface area contributed by atoms with E-state index >= 15 is 0 Å². The number of ether oxygens (including phenoxy) is 2. The summed E-state index contributed by atoms with van der Waals surface area (Å²) in [5.41, 5.74) is 6.19. The van der Waals surface area contributed by atoms with E-state index in [1.807, 2.05) is 24.3 Å². The van der Waals surface area contributed by atoms with E-state index < -0.39 is 5.91 Å². The predicted molar refractivity (Wildman–Crippen MR) is 71.8 cm³/mol. The van der Waals surface area contributed by atoms with Crippen LogP contribution in [0.3, 0.4) is 0 Å². The van der Waals surface area contributed by atoms with E-state index in [9.17, 15) is 4.79 Å². The minimum Gasteiger partial charge on any atom is -0.484 e. The van der Waals surface area contributed by atoms with Crippen LogP contribution in [0.25, 0.3) is 0 Å². The number of nitrogens with one attached hydrogen (secondary N) is 1. The molecule has 0 saturated carbocycles. The molecule has 1 heterocycles. The summed E-state index contributed by atoms with van der Waals surface area (Å²) >= 11 is 0. The van der Waals surface area contributed by atoms with Gasteiger partial charge in [-0.1, -0.05) is 12.1 Å². The molecule has 3 N–H and O–H groups in total. The number of nitrogens with two attached hydrogens (primary N) is 1. The molecule has 19 heavy (non-hydrogen) atoms. The molecule has 5 nitrogen and oxygen atoms in total. The van der Waals surface area contributed by atoms with Crippen LogP contribution in [0.15, 0.2) is 24.3 Å². The molecule has 1 aliphatic rings. The van der Waals surface area contributed by atoms with Crippen LogP contribution < -0.4 is 15.8 Å². The second-order valence-corrected chi connectivity index (χ2v) is 4.69. The minimum absolute atomic E-state index is 0.0863. The fourth-order valence-electron chi connectivity index (χ4n) is 2.02. The van der Waals surface area contributed by atoms with Crippen molar-refractivity contribution in [2.24, 2.45) is 5.73 Å². The SMILES string of the molecule is NC(=O)COc1ccc(CNC2CCCOC2)cc1. The quantitative estimate of drug-likeness (QED) is 0.798. The lowest BCUT2D eigenvalue weighted by atomic mass is 10.1. The first-order valence-corrected chi connectivity index (χ1v) is 6.55. The lowest BCUT2D eigenvalue weighted by Gasteiger charge is -2.23. The molecule has 1 unspecified atom stereocenters. The maximum absolute atomic E-state index is 10.6. The van der Waals surface area contributed by atoms with Crippen molar-refractivity contribution in [1.29, 1.82) is 0 Å². The Morgan fingerprint density at radius 1 is 1.42 bits per heavy atom. The Morgan fingerprint density at radius 3 is 2.84 bits per heavy atom. The van der Waals surface area contributed by atoms with Gasteiger partial charge in [-0.15, -0.1) is 0 Å². The molecule has 1 aromatic carbocycles. The Labute approximate surface area is 113 Å². The number of carbonyl (C=O) groups is 1. The average molecular weight is 264 g/mol. The number of hydrogen-bond donors (Lipinski definition) is 2. The first-order chi connectivity index (χ1) is 9.24. The maximum atomic E-state index is 10.6. The Kier molecular flexibility index (Phi) is 5.18. The monoisotopic (exact) mass is 264 g/mol. The Hall–Kier alpha value is -1.59. The van der Waals surface area contributed by atoms with Crippen LogP contribution >= 0.6 is 0 Å². The summed E-state index contributed by atoms with van der Waals surface area (Å²) in [7, 11) is 0. The van der Waals surface area contributed by atoms with Gasteiger partial charge in [0.1, 0.15) is 5.75 Å². The zero-order valence-corrected chi connectivity index (χ0v) is 10.9. The van der Waals surface area contributed by atoms with Crippen molar-refractivity contribution in [3.63, 3.8) is 0 Å². The zero-order valence-electron chi connectivity index (χ0n) is 10.9. The molecule has 0 aliphatic carbocycles. The summed E-state index contributed by atoms with van der Waals surface area (Å²) in [6.07, 6.45) is 2.29. The van der Waals surface area contributed by atoms with E-state index in [0.29, 0.717) is 11.8 Å². The third kappa shape index (κ3) is 4.89. The van der Waals surface area contributed by atoms with Crippen molar-refractivity contribution >= 4 is 5.91 Å². The fraction of sp³-hybridized carbons (Fsp3) is 0.500. The van der Waals surface area contributed by atoms with Crippen LogP contribution in [0.4, 0.5) is 0 Å². The summed E-state index contributed by atoms with van der Waals surface area (Å²) in [5.74, 6) is 0.187. The molecule has 1 saturated heterocycles. The normalized spacial score (nSPS) is 19.1. The van der Waals surface area contributed by atoms with Gasteiger partial charge in [0.05, 0.1) is 6.61 Å². The second-order valence-electron chi connectivity index (χ2n) is 4.69. The van der Waals surface area contributed by atoms with Crippen LogP contribution in [0.1, 0.15) is 18.4 Å². The molecule has 1 aliphatic heterocycles. The van der Waals surface area contributed by atoms with Gasteiger partial charge in [-0.05, 0) is 30.5 Å². The summed E-state index contributed by atoms with van der Waals surface area (Å²) in [4.78, 5) is 10.6. The topological polar surface area (TPSA) is 73.6 Å². The zero-order chi connectivity index (χ0) is 13.5. The van der Waals surface area contributed by atoms with E-state index in [-0.39, 0.29) is 6.61 Å². The Morgan fingerprint density at radius 2 is 2.21 bits per heavy atom. The standard InChI is InChI=1S/C14H20N2O3/c15-14(17)10-19-13-5-3-11(4-6-13)8-16-12-2-1-7-18-9-12/h3-6,12,16H,1-2,7-10H2,(H2,15,17). The van der Waals surface area contributed by atoms with Gasteiger partial charge >= 0.3 is 0 Å². The van der Waals surface area contributed by atoms with Crippen LogP contribution in [0, 0.1) is 0 Å². The molecular formula is C14H20N2O3. The van der Waals surface area contributed by atoms with Crippen molar-refractivity contribution in [2.75, 3.05) is 19.8 Å². The van der Waals surface area contributed by atoms with E-state index in [1.165, 1.54) is 12.0 Å². The van der Waals surface area contributed by atoms with Crippen molar-refractivity contribution in [3.05, 3.63) is 29.8 Å². The summed E-state index contributed by atoms with van der Waals surface area (Å²) in [5, 5.41) is 3.47. The molecular weight excluding hydrogens is 244 g/mol. The van der Waals surface area contributed by atoms with Gasteiger partial charge in [0.2, 0.25) is 0 Å². The number of hydrogen-bond acceptors (Lipinski definition) is 4. The van der Waals surface area contributed by atoms with Crippen LogP contribution in [0.2, 0.25) is 0 Å². The van der Waals surface area contributed by atoms with Crippen LogP contribution in [0.5, 0.6) is 5.75 Å². The summed E-state index contributed by atoms with van der Waals surface area (Å²) < 4.78 is 10.6. The third-order valence-electron chi connectivity index (χ3n) is 3.06. The second kappa shape index (κ2) is 7.11. The van der Waals surface area contributed by atoms with Gasteiger partial charge in [0.15, 0.2) is 6.61 Å². The lowest BCUT2D eigenvalue weighted by molar-refractivity contribution is -0.119. The molecule has 5 heteroatoms. The van der Waals surface area contributed by atoms with E-state index in [4.69, 9.17) is 15.2 Å². The maximum Gasteiger partial charge on any atom is 0.255 e. The largest absolute Gasteiger partial charge is 0.484 e. The predicted octanol–water partition coefficient (Wildman–Crippen LogP) is 0.819. The molecule has 0 bridgehead atoms. The molecule has 2 rings (SSSR count). The van der Waals surface area contributed by atoms with Gasteiger partial charge < -0.3 is 20.5 Å². The smallest absolute Gasteiger partial charge is 0.255 e. The van der Waals surface area contributed by atoms with Crippen molar-refractivity contribution in [1.82, 2.24) is 5.32 Å². The third-order valence-corrected chi connectivity index (χ3v) is 3.06. The first-order valence-electron chi connectivity index (χ1n) is 6.55. The molecule has 1 aromatic rings. The highest BCUT2D eigenvalue weighted by molar-refractivity contribution is 5.75. The number of amides is 1. The van der Waals surface area contributed by atoms with Crippen molar-refractivity contribution in [2.45, 2.75) is 25.4 Å². The van der Waals surface area contributed by atoms with Crippen molar-refractivity contribution in [3.8, 4) is 5.75 Å². The highest BCUT2D eigenvalue weighted by Gasteiger charge is 2.12. The summed E-state index contributed by atoms with van der Waals surface area (Å²) in [6.45, 7) is 2.39.